The van der Waals surface area contributed by atoms with Crippen molar-refractivity contribution in [2.75, 3.05) is 20.2 Å². The average molecular weight is 472 g/mol. The number of piperidine rings is 1. The molecular formula is C25H27ClFN3O3. The standard InChI is InChI=1S/C25H27ClFN3O3/c1-32-22-7-6-17(14-21(22)27)16-30-12-10-18(11-13-30)29-24(31)8-9-25-28-15-23(33-25)19-4-2-3-5-20(19)26/h2-7,14-15,18H,8-13,16H2,1H3,(H,29,31). The molecule has 1 aliphatic heterocycles. The molecule has 0 aliphatic carbocycles. The van der Waals surface area contributed by atoms with Crippen LogP contribution in [-0.4, -0.2) is 42.0 Å². The Labute approximate surface area is 197 Å². The summed E-state index contributed by atoms with van der Waals surface area (Å²) in [5.41, 5.74) is 1.70. The minimum absolute atomic E-state index is 0.0110. The molecule has 4 rings (SSSR count). The number of methoxy groups -OCH3 is 1. The van der Waals surface area contributed by atoms with Gasteiger partial charge in [-0.2, -0.15) is 0 Å². The van der Waals surface area contributed by atoms with Gasteiger partial charge in [-0.15, -0.1) is 0 Å². The van der Waals surface area contributed by atoms with Gasteiger partial charge in [-0.3, -0.25) is 9.69 Å². The molecule has 1 amide bonds. The van der Waals surface area contributed by atoms with Crippen LogP contribution >= 0.6 is 11.6 Å². The second kappa shape index (κ2) is 10.8. The van der Waals surface area contributed by atoms with Gasteiger partial charge >= 0.3 is 0 Å². The predicted molar refractivity (Wildman–Crippen MR) is 125 cm³/mol. The fraction of sp³-hybridized carbons (Fsp3) is 0.360. The summed E-state index contributed by atoms with van der Waals surface area (Å²) in [7, 11) is 1.46. The van der Waals surface area contributed by atoms with Gasteiger partial charge in [-0.05, 0) is 42.7 Å². The maximum atomic E-state index is 13.9. The van der Waals surface area contributed by atoms with Crippen LogP contribution in [0.25, 0.3) is 11.3 Å². The molecule has 1 fully saturated rings. The smallest absolute Gasteiger partial charge is 0.220 e. The Kier molecular flexibility index (Phi) is 7.62. The zero-order valence-electron chi connectivity index (χ0n) is 18.5. The summed E-state index contributed by atoms with van der Waals surface area (Å²) in [4.78, 5) is 19.0. The summed E-state index contributed by atoms with van der Waals surface area (Å²) in [5.74, 6) is 1.01. The molecule has 3 aromatic rings. The molecule has 1 aromatic heterocycles. The molecule has 0 atom stereocenters. The highest BCUT2D eigenvalue weighted by Gasteiger charge is 2.21. The molecule has 1 aliphatic rings. The van der Waals surface area contributed by atoms with Crippen molar-refractivity contribution in [1.82, 2.24) is 15.2 Å². The highest BCUT2D eigenvalue weighted by Crippen LogP contribution is 2.28. The molecule has 2 aromatic carbocycles. The van der Waals surface area contributed by atoms with Gasteiger partial charge in [0.05, 0.1) is 18.3 Å². The zero-order valence-corrected chi connectivity index (χ0v) is 19.3. The third kappa shape index (κ3) is 6.12. The number of amides is 1. The molecule has 0 unspecified atom stereocenters. The van der Waals surface area contributed by atoms with E-state index in [1.165, 1.54) is 13.2 Å². The van der Waals surface area contributed by atoms with Crippen LogP contribution in [-0.2, 0) is 17.8 Å². The zero-order chi connectivity index (χ0) is 23.2. The summed E-state index contributed by atoms with van der Waals surface area (Å²) in [6.45, 7) is 2.37. The lowest BCUT2D eigenvalue weighted by Gasteiger charge is -2.32. The first-order valence-corrected chi connectivity index (χ1v) is 11.4. The molecule has 33 heavy (non-hydrogen) atoms. The number of likely N-dealkylation sites (tertiary alicyclic amines) is 1. The van der Waals surface area contributed by atoms with Crippen molar-refractivity contribution >= 4 is 17.5 Å². The Morgan fingerprint density at radius 2 is 2.06 bits per heavy atom. The van der Waals surface area contributed by atoms with Crippen molar-refractivity contribution in [3.63, 3.8) is 0 Å². The van der Waals surface area contributed by atoms with Gasteiger partial charge in [0.15, 0.2) is 23.2 Å². The summed E-state index contributed by atoms with van der Waals surface area (Å²) in [5, 5.41) is 3.71. The lowest BCUT2D eigenvalue weighted by atomic mass is 10.0. The van der Waals surface area contributed by atoms with E-state index in [0.29, 0.717) is 36.1 Å². The molecule has 0 bridgehead atoms. The molecule has 0 radical (unpaired) electrons. The highest BCUT2D eigenvalue weighted by molar-refractivity contribution is 6.33. The summed E-state index contributed by atoms with van der Waals surface area (Å²) >= 11 is 6.20. The largest absolute Gasteiger partial charge is 0.494 e. The molecule has 1 saturated heterocycles. The van der Waals surface area contributed by atoms with E-state index in [0.717, 1.165) is 37.1 Å². The predicted octanol–water partition coefficient (Wildman–Crippen LogP) is 4.86. The number of hydrogen-bond donors (Lipinski definition) is 1. The van der Waals surface area contributed by atoms with Crippen LogP contribution in [0.3, 0.4) is 0 Å². The number of halogens is 2. The van der Waals surface area contributed by atoms with Crippen LogP contribution in [0, 0.1) is 5.82 Å². The highest BCUT2D eigenvalue weighted by atomic mass is 35.5. The van der Waals surface area contributed by atoms with E-state index in [1.807, 2.05) is 24.3 Å². The monoisotopic (exact) mass is 471 g/mol. The number of nitrogens with one attached hydrogen (secondary N) is 1. The second-order valence-electron chi connectivity index (χ2n) is 8.18. The van der Waals surface area contributed by atoms with Crippen molar-refractivity contribution in [2.45, 2.75) is 38.3 Å². The molecular weight excluding hydrogens is 445 g/mol. The first-order chi connectivity index (χ1) is 16.0. The number of benzene rings is 2. The maximum Gasteiger partial charge on any atom is 0.220 e. The van der Waals surface area contributed by atoms with E-state index in [1.54, 1.807) is 18.3 Å². The molecule has 0 spiro atoms. The number of ether oxygens (including phenoxy) is 1. The number of nitrogens with zero attached hydrogens (tertiary/aromatic N) is 2. The Hall–Kier alpha value is -2.90. The Morgan fingerprint density at radius 3 is 2.79 bits per heavy atom. The first-order valence-electron chi connectivity index (χ1n) is 11.1. The first kappa shape index (κ1) is 23.3. The third-order valence-electron chi connectivity index (χ3n) is 5.83. The van der Waals surface area contributed by atoms with Crippen molar-refractivity contribution in [2.24, 2.45) is 0 Å². The van der Waals surface area contributed by atoms with Crippen molar-refractivity contribution in [3.05, 3.63) is 71.0 Å². The van der Waals surface area contributed by atoms with E-state index in [9.17, 15) is 9.18 Å². The van der Waals surface area contributed by atoms with Crippen LogP contribution in [0.1, 0.15) is 30.7 Å². The topological polar surface area (TPSA) is 67.6 Å². The molecule has 8 heteroatoms. The normalized spacial score (nSPS) is 14.9. The van der Waals surface area contributed by atoms with Gasteiger partial charge < -0.3 is 14.5 Å². The Morgan fingerprint density at radius 1 is 1.27 bits per heavy atom. The summed E-state index contributed by atoms with van der Waals surface area (Å²) in [6, 6.07) is 12.6. The van der Waals surface area contributed by atoms with Crippen LogP contribution in [0.5, 0.6) is 5.75 Å². The van der Waals surface area contributed by atoms with E-state index >= 15 is 0 Å². The van der Waals surface area contributed by atoms with E-state index in [2.05, 4.69) is 15.2 Å². The molecule has 174 valence electrons. The minimum Gasteiger partial charge on any atom is -0.494 e. The lowest BCUT2D eigenvalue weighted by molar-refractivity contribution is -0.122. The van der Waals surface area contributed by atoms with E-state index in [4.69, 9.17) is 20.8 Å². The number of aromatic nitrogens is 1. The fourth-order valence-electron chi connectivity index (χ4n) is 4.03. The quantitative estimate of drug-likeness (QED) is 0.508. The molecule has 6 nitrogen and oxygen atoms in total. The number of oxazole rings is 1. The minimum atomic E-state index is -0.345. The lowest BCUT2D eigenvalue weighted by Crippen LogP contribution is -2.44. The number of carbonyl (C=O) groups is 1. The fourth-order valence-corrected chi connectivity index (χ4v) is 4.26. The Balaban J connectivity index is 1.20. The Bertz CT molecular complexity index is 1100. The van der Waals surface area contributed by atoms with Crippen LogP contribution in [0.2, 0.25) is 5.02 Å². The van der Waals surface area contributed by atoms with Gasteiger partial charge in [0, 0.05) is 44.1 Å². The number of carbonyl (C=O) groups excluding carboxylic acids is 1. The summed E-state index contributed by atoms with van der Waals surface area (Å²) < 4.78 is 24.6. The van der Waals surface area contributed by atoms with Crippen molar-refractivity contribution < 1.29 is 18.3 Å². The molecule has 0 saturated carbocycles. The van der Waals surface area contributed by atoms with Gasteiger partial charge in [0.2, 0.25) is 5.91 Å². The van der Waals surface area contributed by atoms with E-state index in [-0.39, 0.29) is 23.5 Å². The SMILES string of the molecule is COc1ccc(CN2CCC(NC(=O)CCc3ncc(-c4ccccc4Cl)o3)CC2)cc1F. The number of rotatable bonds is 8. The van der Waals surface area contributed by atoms with E-state index < -0.39 is 0 Å². The molecule has 1 N–H and O–H groups in total. The number of aryl methyl sites for hydroxylation is 1. The van der Waals surface area contributed by atoms with Crippen LogP contribution in [0.15, 0.2) is 53.1 Å². The van der Waals surface area contributed by atoms with Gasteiger partial charge in [0.1, 0.15) is 0 Å². The number of hydrogen-bond acceptors (Lipinski definition) is 5. The van der Waals surface area contributed by atoms with Crippen LogP contribution < -0.4 is 10.1 Å². The van der Waals surface area contributed by atoms with Gasteiger partial charge in [-0.1, -0.05) is 29.8 Å². The van der Waals surface area contributed by atoms with Crippen molar-refractivity contribution in [3.8, 4) is 17.1 Å². The average Bonchev–Trinajstić information content (AvgIpc) is 3.28. The third-order valence-corrected chi connectivity index (χ3v) is 6.16. The second-order valence-corrected chi connectivity index (χ2v) is 8.59. The summed E-state index contributed by atoms with van der Waals surface area (Å²) in [6.07, 6.45) is 4.10. The molecule has 2 heterocycles. The van der Waals surface area contributed by atoms with Gasteiger partial charge in [-0.25, -0.2) is 9.37 Å². The van der Waals surface area contributed by atoms with Gasteiger partial charge in [0.25, 0.3) is 0 Å². The maximum absolute atomic E-state index is 13.9. The van der Waals surface area contributed by atoms with Crippen molar-refractivity contribution in [1.29, 1.82) is 0 Å². The van der Waals surface area contributed by atoms with Crippen LogP contribution in [0.4, 0.5) is 4.39 Å².